The van der Waals surface area contributed by atoms with Gasteiger partial charge in [0.2, 0.25) is 5.90 Å². The third-order valence-electron chi connectivity index (χ3n) is 4.35. The number of carbonyl (C=O) groups is 1. The van der Waals surface area contributed by atoms with Crippen LogP contribution in [-0.4, -0.2) is 18.5 Å². The third-order valence-corrected chi connectivity index (χ3v) is 4.35. The molecule has 25 heavy (non-hydrogen) atoms. The second-order valence-corrected chi connectivity index (χ2v) is 6.18. The number of esters is 1. The molecule has 2 aromatic rings. The molecular weight excluding hydrogens is 314 g/mol. The van der Waals surface area contributed by atoms with Crippen LogP contribution in [0.15, 0.2) is 64.8 Å². The Morgan fingerprint density at radius 2 is 1.92 bits per heavy atom. The van der Waals surface area contributed by atoms with Crippen LogP contribution in [0.2, 0.25) is 0 Å². The van der Waals surface area contributed by atoms with Gasteiger partial charge in [0.15, 0.2) is 5.70 Å². The number of ether oxygens (including phenoxy) is 2. The van der Waals surface area contributed by atoms with Crippen molar-refractivity contribution in [3.8, 4) is 5.75 Å². The first-order valence-corrected chi connectivity index (χ1v) is 8.13. The van der Waals surface area contributed by atoms with Gasteiger partial charge in [0.1, 0.15) is 12.4 Å². The van der Waals surface area contributed by atoms with Gasteiger partial charge < -0.3 is 9.47 Å². The summed E-state index contributed by atoms with van der Waals surface area (Å²) < 4.78 is 11.0. The predicted octanol–water partition coefficient (Wildman–Crippen LogP) is 3.97. The highest BCUT2D eigenvalue weighted by Crippen LogP contribution is 2.27. The molecule has 0 radical (unpaired) electrons. The largest absolute Gasteiger partial charge is 0.488 e. The first kappa shape index (κ1) is 15.4. The normalized spacial score (nSPS) is 17.5. The minimum Gasteiger partial charge on any atom is -0.488 e. The van der Waals surface area contributed by atoms with Gasteiger partial charge >= 0.3 is 5.97 Å². The fourth-order valence-electron chi connectivity index (χ4n) is 2.80. The number of hydrogen-bond acceptors (Lipinski definition) is 4. The number of benzene rings is 2. The van der Waals surface area contributed by atoms with E-state index in [1.807, 2.05) is 62.4 Å². The number of nitrogens with zero attached hydrogens (tertiary/aromatic N) is 1. The Morgan fingerprint density at radius 3 is 2.76 bits per heavy atom. The number of cyclic esters (lactones) is 1. The van der Waals surface area contributed by atoms with Crippen LogP contribution < -0.4 is 4.74 Å². The number of aryl methyl sites for hydroxylation is 2. The van der Waals surface area contributed by atoms with Crippen molar-refractivity contribution in [1.82, 2.24) is 0 Å². The molecule has 0 aliphatic carbocycles. The van der Waals surface area contributed by atoms with Gasteiger partial charge in [-0.25, -0.2) is 9.79 Å². The van der Waals surface area contributed by atoms with Gasteiger partial charge in [-0.05, 0) is 60.9 Å². The molecule has 0 bridgehead atoms. The molecule has 4 nitrogen and oxygen atoms in total. The zero-order valence-corrected chi connectivity index (χ0v) is 14.1. The monoisotopic (exact) mass is 331 g/mol. The number of para-hydroxylation sites is 1. The number of aliphatic imine (C=N–C) groups is 1. The molecule has 0 saturated heterocycles. The van der Waals surface area contributed by atoms with Crippen molar-refractivity contribution in [2.75, 3.05) is 6.61 Å². The van der Waals surface area contributed by atoms with Gasteiger partial charge in [0.25, 0.3) is 0 Å². The Kier molecular flexibility index (Phi) is 3.73. The van der Waals surface area contributed by atoms with Gasteiger partial charge in [0.05, 0.1) is 0 Å². The van der Waals surface area contributed by atoms with Crippen LogP contribution in [0.25, 0.3) is 6.08 Å². The van der Waals surface area contributed by atoms with Crippen molar-refractivity contribution in [3.05, 3.63) is 82.1 Å². The van der Waals surface area contributed by atoms with E-state index in [1.165, 1.54) is 5.56 Å². The molecule has 2 aliphatic rings. The van der Waals surface area contributed by atoms with Crippen molar-refractivity contribution in [2.24, 2.45) is 4.99 Å². The second kappa shape index (κ2) is 6.06. The molecule has 4 rings (SSSR count). The molecular formula is C21H17NO3. The third kappa shape index (κ3) is 2.98. The summed E-state index contributed by atoms with van der Waals surface area (Å²) >= 11 is 0. The summed E-state index contributed by atoms with van der Waals surface area (Å²) in [6.45, 7) is 4.47. The van der Waals surface area contributed by atoms with Crippen LogP contribution in [-0.2, 0) is 9.53 Å². The summed E-state index contributed by atoms with van der Waals surface area (Å²) in [5.41, 5.74) is 5.30. The van der Waals surface area contributed by atoms with E-state index in [9.17, 15) is 4.79 Å². The van der Waals surface area contributed by atoms with Gasteiger partial charge in [-0.1, -0.05) is 24.3 Å². The van der Waals surface area contributed by atoms with E-state index in [1.54, 1.807) is 6.08 Å². The Balaban J connectivity index is 1.65. The quantitative estimate of drug-likeness (QED) is 0.618. The molecule has 4 heteroatoms. The SMILES string of the molecule is Cc1ccc(C2=NC(=CC3=Cc4ccccc4OC3)C(=O)O2)cc1C. The van der Waals surface area contributed by atoms with Crippen molar-refractivity contribution in [1.29, 1.82) is 0 Å². The Bertz CT molecular complexity index is 967. The fraction of sp³-hybridized carbons (Fsp3) is 0.143. The van der Waals surface area contributed by atoms with Gasteiger partial charge in [-0.3, -0.25) is 0 Å². The van der Waals surface area contributed by atoms with Crippen LogP contribution >= 0.6 is 0 Å². The van der Waals surface area contributed by atoms with E-state index in [2.05, 4.69) is 4.99 Å². The van der Waals surface area contributed by atoms with E-state index >= 15 is 0 Å². The van der Waals surface area contributed by atoms with Crippen molar-refractivity contribution >= 4 is 17.9 Å². The number of hydrogen-bond donors (Lipinski definition) is 0. The molecule has 0 fully saturated rings. The molecule has 124 valence electrons. The zero-order valence-electron chi connectivity index (χ0n) is 14.1. The highest BCUT2D eigenvalue weighted by molar-refractivity contribution is 6.11. The van der Waals surface area contributed by atoms with Crippen LogP contribution in [0.4, 0.5) is 0 Å². The van der Waals surface area contributed by atoms with E-state index in [4.69, 9.17) is 9.47 Å². The lowest BCUT2D eigenvalue weighted by molar-refractivity contribution is -0.130. The molecule has 0 unspecified atom stereocenters. The summed E-state index contributed by atoms with van der Waals surface area (Å²) in [6.07, 6.45) is 3.73. The summed E-state index contributed by atoms with van der Waals surface area (Å²) in [5.74, 6) is 0.753. The molecule has 2 aliphatic heterocycles. The molecule has 0 N–H and O–H groups in total. The molecule has 0 spiro atoms. The average Bonchev–Trinajstić information content (AvgIpc) is 2.98. The second-order valence-electron chi connectivity index (χ2n) is 6.18. The maximum atomic E-state index is 12.2. The Hall–Kier alpha value is -3.14. The summed E-state index contributed by atoms with van der Waals surface area (Å²) in [5, 5.41) is 0. The van der Waals surface area contributed by atoms with Crippen LogP contribution in [0.5, 0.6) is 5.75 Å². The zero-order chi connectivity index (χ0) is 17.4. The van der Waals surface area contributed by atoms with Gasteiger partial charge in [-0.15, -0.1) is 0 Å². The predicted molar refractivity (Wildman–Crippen MR) is 96.5 cm³/mol. The number of carbonyl (C=O) groups excluding carboxylic acids is 1. The van der Waals surface area contributed by atoms with Crippen LogP contribution in [0.3, 0.4) is 0 Å². The van der Waals surface area contributed by atoms with Gasteiger partial charge in [-0.2, -0.15) is 0 Å². The van der Waals surface area contributed by atoms with E-state index in [-0.39, 0.29) is 0 Å². The summed E-state index contributed by atoms with van der Waals surface area (Å²) in [6, 6.07) is 13.7. The maximum Gasteiger partial charge on any atom is 0.363 e. The first-order chi connectivity index (χ1) is 12.1. The average molecular weight is 331 g/mol. The van der Waals surface area contributed by atoms with E-state index < -0.39 is 5.97 Å². The molecule has 2 aromatic carbocycles. The first-order valence-electron chi connectivity index (χ1n) is 8.13. The minimum absolute atomic E-state index is 0.294. The molecule has 0 saturated carbocycles. The number of rotatable bonds is 2. The lowest BCUT2D eigenvalue weighted by atomic mass is 10.1. The highest BCUT2D eigenvalue weighted by Gasteiger charge is 2.25. The van der Waals surface area contributed by atoms with Crippen molar-refractivity contribution in [2.45, 2.75) is 13.8 Å². The number of fused-ring (bicyclic) bond motifs is 1. The minimum atomic E-state index is -0.437. The van der Waals surface area contributed by atoms with E-state index in [0.717, 1.165) is 28.0 Å². The highest BCUT2D eigenvalue weighted by atomic mass is 16.6. The Labute approximate surface area is 146 Å². The smallest absolute Gasteiger partial charge is 0.363 e. The molecule has 2 heterocycles. The topological polar surface area (TPSA) is 47.9 Å². The van der Waals surface area contributed by atoms with Gasteiger partial charge in [0, 0.05) is 11.1 Å². The maximum absolute atomic E-state index is 12.2. The van der Waals surface area contributed by atoms with Crippen molar-refractivity contribution in [3.63, 3.8) is 0 Å². The molecule has 0 aromatic heterocycles. The lowest BCUT2D eigenvalue weighted by Gasteiger charge is -2.15. The molecule has 0 atom stereocenters. The lowest BCUT2D eigenvalue weighted by Crippen LogP contribution is -2.08. The summed E-state index contributed by atoms with van der Waals surface area (Å²) in [4.78, 5) is 16.5. The van der Waals surface area contributed by atoms with Crippen LogP contribution in [0, 0.1) is 13.8 Å². The standard InChI is InChI=1S/C21H17NO3/c1-13-7-8-17(9-14(13)2)20-22-18(21(23)25-20)11-15-10-16-5-3-4-6-19(16)24-12-15/h3-11H,12H2,1-2H3. The summed E-state index contributed by atoms with van der Waals surface area (Å²) in [7, 11) is 0. The van der Waals surface area contributed by atoms with E-state index in [0.29, 0.717) is 18.2 Å². The van der Waals surface area contributed by atoms with Crippen LogP contribution in [0.1, 0.15) is 22.3 Å². The molecule has 0 amide bonds. The van der Waals surface area contributed by atoms with Crippen molar-refractivity contribution < 1.29 is 14.3 Å². The Morgan fingerprint density at radius 1 is 1.08 bits per heavy atom. The fourth-order valence-corrected chi connectivity index (χ4v) is 2.80.